The molecule has 2 aromatic heterocycles. The van der Waals surface area contributed by atoms with Gasteiger partial charge in [-0.3, -0.25) is 4.79 Å². The van der Waals surface area contributed by atoms with Crippen molar-refractivity contribution in [2.24, 2.45) is 11.8 Å². The first-order valence-electron chi connectivity index (χ1n) is 9.34. The number of amides is 1. The Kier molecular flexibility index (Phi) is 3.90. The van der Waals surface area contributed by atoms with Crippen LogP contribution in [0.2, 0.25) is 0 Å². The summed E-state index contributed by atoms with van der Waals surface area (Å²) in [6.45, 7) is 0. The summed E-state index contributed by atoms with van der Waals surface area (Å²) in [5.41, 5.74) is -0.826. The molecule has 0 radical (unpaired) electrons. The number of carbonyl (C=O) groups is 1. The molecule has 2 aromatic rings. The number of carbonyl (C=O) groups excluding carboxylic acids is 1. The average Bonchev–Trinajstić information content (AvgIpc) is 3.33. The van der Waals surface area contributed by atoms with Gasteiger partial charge in [0.15, 0.2) is 0 Å². The minimum absolute atomic E-state index is 0.254. The van der Waals surface area contributed by atoms with Crippen LogP contribution < -0.4 is 10.1 Å². The zero-order valence-corrected chi connectivity index (χ0v) is 15.4. The van der Waals surface area contributed by atoms with Crippen LogP contribution in [-0.2, 0) is 15.7 Å². The third kappa shape index (κ3) is 2.78. The van der Waals surface area contributed by atoms with Crippen LogP contribution >= 0.6 is 0 Å². The van der Waals surface area contributed by atoms with Crippen molar-refractivity contribution < 1.29 is 27.4 Å². The highest BCUT2D eigenvalue weighted by Crippen LogP contribution is 2.68. The second kappa shape index (κ2) is 6.16. The standard InChI is InChI=1S/C20H18F3N3O3/c1-28-14-6-5-11(9-24-14)25-18(27)16-15(17-10-7-19(16,8-10)29-17)12-3-2-4-13(26-12)20(21,22)23/h2-6,9-10,15-17H,7-8H2,1H3,(H,25,27)/t10-,15-,16+,17+,19-/m1/s1. The minimum atomic E-state index is -4.54. The van der Waals surface area contributed by atoms with Gasteiger partial charge in [0, 0.05) is 17.7 Å². The van der Waals surface area contributed by atoms with Gasteiger partial charge in [0.25, 0.3) is 0 Å². The second-order valence-electron chi connectivity index (χ2n) is 7.84. The molecular formula is C20H18F3N3O3. The number of nitrogens with one attached hydrogen (secondary N) is 1. The number of methoxy groups -OCH3 is 1. The lowest BCUT2D eigenvalue weighted by molar-refractivity contribution is -0.141. The molecule has 4 fully saturated rings. The fourth-order valence-electron chi connectivity index (χ4n) is 5.07. The first kappa shape index (κ1) is 18.4. The number of anilines is 1. The maximum Gasteiger partial charge on any atom is 0.433 e. The average molecular weight is 405 g/mol. The monoisotopic (exact) mass is 405 g/mol. The van der Waals surface area contributed by atoms with E-state index >= 15 is 0 Å². The van der Waals surface area contributed by atoms with Crippen LogP contribution in [0.1, 0.15) is 30.1 Å². The van der Waals surface area contributed by atoms with E-state index in [-0.39, 0.29) is 23.6 Å². The van der Waals surface area contributed by atoms with E-state index in [1.165, 1.54) is 19.4 Å². The van der Waals surface area contributed by atoms with Crippen LogP contribution in [0.15, 0.2) is 36.5 Å². The third-order valence-electron chi connectivity index (χ3n) is 6.23. The van der Waals surface area contributed by atoms with Crippen molar-refractivity contribution in [3.63, 3.8) is 0 Å². The zero-order chi connectivity index (χ0) is 20.4. The van der Waals surface area contributed by atoms with Crippen LogP contribution in [0.5, 0.6) is 5.88 Å². The first-order valence-corrected chi connectivity index (χ1v) is 9.34. The lowest BCUT2D eigenvalue weighted by Crippen LogP contribution is -2.54. The predicted molar refractivity (Wildman–Crippen MR) is 95.2 cm³/mol. The summed E-state index contributed by atoms with van der Waals surface area (Å²) in [7, 11) is 1.49. The maximum absolute atomic E-state index is 13.2. The van der Waals surface area contributed by atoms with Crippen molar-refractivity contribution in [3.05, 3.63) is 47.9 Å². The molecule has 5 heterocycles. The van der Waals surface area contributed by atoms with Gasteiger partial charge >= 0.3 is 6.18 Å². The SMILES string of the molecule is COc1ccc(NC(=O)[C@@H]2[C@@H](c3cccc(C(F)(F)F)n3)[C@H]3O[C@]24C[C@H]3C4)cn1. The van der Waals surface area contributed by atoms with E-state index < -0.39 is 29.3 Å². The van der Waals surface area contributed by atoms with Crippen LogP contribution in [0.25, 0.3) is 0 Å². The van der Waals surface area contributed by atoms with Crippen molar-refractivity contribution >= 4 is 11.6 Å². The molecular weight excluding hydrogens is 387 g/mol. The van der Waals surface area contributed by atoms with Gasteiger partial charge < -0.3 is 14.8 Å². The van der Waals surface area contributed by atoms with Crippen molar-refractivity contribution in [3.8, 4) is 5.88 Å². The number of rotatable bonds is 4. The Labute approximate surface area is 164 Å². The predicted octanol–water partition coefficient (Wildman–Crippen LogP) is 3.40. The highest BCUT2D eigenvalue weighted by Gasteiger charge is 2.73. The molecule has 29 heavy (non-hydrogen) atoms. The van der Waals surface area contributed by atoms with Gasteiger partial charge in [-0.1, -0.05) is 6.07 Å². The Balaban J connectivity index is 1.45. The van der Waals surface area contributed by atoms with Gasteiger partial charge in [-0.2, -0.15) is 13.2 Å². The Morgan fingerprint density at radius 1 is 1.28 bits per heavy atom. The van der Waals surface area contributed by atoms with Gasteiger partial charge in [0.05, 0.1) is 36.6 Å². The highest BCUT2D eigenvalue weighted by atomic mass is 19.4. The fourth-order valence-corrected chi connectivity index (χ4v) is 5.07. The van der Waals surface area contributed by atoms with E-state index in [0.717, 1.165) is 18.9 Å². The molecule has 9 heteroatoms. The smallest absolute Gasteiger partial charge is 0.433 e. The fraction of sp³-hybridized carbons (Fsp3) is 0.450. The first-order chi connectivity index (χ1) is 13.8. The van der Waals surface area contributed by atoms with E-state index in [1.54, 1.807) is 18.2 Å². The molecule has 152 valence electrons. The van der Waals surface area contributed by atoms with Crippen LogP contribution in [0.3, 0.4) is 0 Å². The summed E-state index contributed by atoms with van der Waals surface area (Å²) in [4.78, 5) is 21.1. The molecule has 4 aliphatic rings. The number of aromatic nitrogens is 2. The molecule has 1 spiro atoms. The third-order valence-corrected chi connectivity index (χ3v) is 6.23. The lowest BCUT2D eigenvalue weighted by atomic mass is 9.54. The van der Waals surface area contributed by atoms with E-state index in [2.05, 4.69) is 15.3 Å². The van der Waals surface area contributed by atoms with Gasteiger partial charge in [-0.05, 0) is 37.0 Å². The van der Waals surface area contributed by atoms with Gasteiger partial charge in [0.1, 0.15) is 5.69 Å². The topological polar surface area (TPSA) is 73.3 Å². The van der Waals surface area contributed by atoms with Crippen LogP contribution in [0.4, 0.5) is 18.9 Å². The summed E-state index contributed by atoms with van der Waals surface area (Å²) in [5.74, 6) is -0.714. The van der Waals surface area contributed by atoms with Gasteiger partial charge in [-0.15, -0.1) is 0 Å². The molecule has 3 bridgehead atoms. The summed E-state index contributed by atoms with van der Waals surface area (Å²) in [6.07, 6.45) is -1.83. The summed E-state index contributed by atoms with van der Waals surface area (Å²) in [5, 5.41) is 2.83. The quantitative estimate of drug-likeness (QED) is 0.844. The van der Waals surface area contributed by atoms with Crippen molar-refractivity contribution in [2.75, 3.05) is 12.4 Å². The number of nitrogens with zero attached hydrogens (tertiary/aromatic N) is 2. The molecule has 3 saturated heterocycles. The Hall–Kier alpha value is -2.68. The summed E-state index contributed by atoms with van der Waals surface area (Å²) < 4.78 is 50.5. The van der Waals surface area contributed by atoms with E-state index in [9.17, 15) is 18.0 Å². The molecule has 1 aliphatic carbocycles. The largest absolute Gasteiger partial charge is 0.481 e. The van der Waals surface area contributed by atoms with E-state index in [4.69, 9.17) is 9.47 Å². The number of halogens is 3. The van der Waals surface area contributed by atoms with Crippen LogP contribution in [-0.4, -0.2) is 34.7 Å². The van der Waals surface area contributed by atoms with Gasteiger partial charge in [-0.25, -0.2) is 9.97 Å². The molecule has 6 rings (SSSR count). The highest BCUT2D eigenvalue weighted by molar-refractivity contribution is 5.94. The second-order valence-corrected chi connectivity index (χ2v) is 7.84. The van der Waals surface area contributed by atoms with Crippen molar-refractivity contribution in [1.82, 2.24) is 9.97 Å². The number of hydrogen-bond acceptors (Lipinski definition) is 5. The van der Waals surface area contributed by atoms with E-state index in [0.29, 0.717) is 11.6 Å². The Morgan fingerprint density at radius 2 is 2.07 bits per heavy atom. The zero-order valence-electron chi connectivity index (χ0n) is 15.4. The maximum atomic E-state index is 13.2. The molecule has 1 N–H and O–H groups in total. The minimum Gasteiger partial charge on any atom is -0.481 e. The molecule has 1 saturated carbocycles. The molecule has 3 atom stereocenters. The van der Waals surface area contributed by atoms with Crippen molar-refractivity contribution in [1.29, 1.82) is 0 Å². The normalized spacial score (nSPS) is 32.0. The summed E-state index contributed by atoms with van der Waals surface area (Å²) in [6, 6.07) is 7.11. The molecule has 1 amide bonds. The van der Waals surface area contributed by atoms with Gasteiger partial charge in [0.2, 0.25) is 11.8 Å². The van der Waals surface area contributed by atoms with Crippen molar-refractivity contribution in [2.45, 2.75) is 36.6 Å². The lowest BCUT2D eigenvalue weighted by Gasteiger charge is -2.46. The molecule has 6 nitrogen and oxygen atoms in total. The summed E-state index contributed by atoms with van der Waals surface area (Å²) >= 11 is 0. The number of alkyl halides is 3. The number of pyridine rings is 2. The Bertz CT molecular complexity index is 957. The Morgan fingerprint density at radius 3 is 2.72 bits per heavy atom. The van der Waals surface area contributed by atoms with Crippen LogP contribution in [0, 0.1) is 11.8 Å². The number of ether oxygens (including phenoxy) is 2. The number of hydrogen-bond donors (Lipinski definition) is 1. The van der Waals surface area contributed by atoms with E-state index in [1.807, 2.05) is 0 Å². The molecule has 0 unspecified atom stereocenters. The molecule has 3 aliphatic heterocycles. The molecule has 0 aromatic carbocycles.